The minimum Gasteiger partial charge on any atom is -0.305 e. The molecule has 7 aromatic rings. The molecule has 7 rings (SSSR count). The molecule has 2 nitrogen and oxygen atoms in total. The molecule has 0 fully saturated rings. The molecule has 0 spiro atoms. The van der Waals surface area contributed by atoms with Gasteiger partial charge in [-0.3, -0.25) is 0 Å². The van der Waals surface area contributed by atoms with Gasteiger partial charge in [0, 0.05) is 37.2 Å². The Hall–Kier alpha value is -3.73. The number of hydrogen-bond donors (Lipinski definition) is 0. The Morgan fingerprint density at radius 3 is 2.26 bits per heavy atom. The Morgan fingerprint density at radius 2 is 1.55 bits per heavy atom. The number of aromatic nitrogens is 2. The molecule has 239 valence electrons. The second kappa shape index (κ2) is 15.0. The molecule has 0 saturated carbocycles. The molecule has 47 heavy (non-hydrogen) atoms. The molecule has 0 bridgehead atoms. The Morgan fingerprint density at radius 1 is 0.809 bits per heavy atom. The number of benzene rings is 4. The zero-order valence-electron chi connectivity index (χ0n) is 27.9. The number of fused-ring (bicyclic) bond motifs is 3. The summed E-state index contributed by atoms with van der Waals surface area (Å²) < 4.78 is 2.57. The van der Waals surface area contributed by atoms with Crippen LogP contribution in [0, 0.1) is 25.0 Å². The molecule has 0 saturated heterocycles. The fourth-order valence-electron chi connectivity index (χ4n) is 6.06. The van der Waals surface area contributed by atoms with Crippen LogP contribution in [0.5, 0.6) is 0 Å². The van der Waals surface area contributed by atoms with E-state index in [1.54, 1.807) is 0 Å². The number of pyridine rings is 2. The van der Waals surface area contributed by atoms with Gasteiger partial charge in [-0.15, -0.1) is 53.6 Å². The van der Waals surface area contributed by atoms with Gasteiger partial charge in [-0.25, -0.2) is 0 Å². The van der Waals surface area contributed by atoms with E-state index in [9.17, 15) is 0 Å². The maximum absolute atomic E-state index is 4.72. The van der Waals surface area contributed by atoms with Crippen LogP contribution in [0.3, 0.4) is 0 Å². The van der Waals surface area contributed by atoms with Crippen molar-refractivity contribution in [2.45, 2.75) is 46.8 Å². The van der Waals surface area contributed by atoms with E-state index < -0.39 is 8.07 Å². The summed E-state index contributed by atoms with van der Waals surface area (Å²) in [5.74, 6) is 0.624. The summed E-state index contributed by atoms with van der Waals surface area (Å²) in [6.07, 6.45) is 5.05. The molecule has 4 aromatic carbocycles. The van der Waals surface area contributed by atoms with Crippen LogP contribution in [0.4, 0.5) is 0 Å². The minimum atomic E-state index is -1.27. The van der Waals surface area contributed by atoms with E-state index >= 15 is 0 Å². The van der Waals surface area contributed by atoms with Crippen LogP contribution in [-0.2, 0) is 26.5 Å². The summed E-state index contributed by atoms with van der Waals surface area (Å²) in [5.41, 5.74) is 9.35. The van der Waals surface area contributed by atoms with Gasteiger partial charge >= 0.3 is 0 Å². The van der Waals surface area contributed by atoms with Crippen LogP contribution >= 0.6 is 11.3 Å². The van der Waals surface area contributed by atoms with Crippen molar-refractivity contribution in [1.82, 2.24) is 9.97 Å². The van der Waals surface area contributed by atoms with Crippen molar-refractivity contribution in [3.05, 3.63) is 139 Å². The molecule has 0 amide bonds. The third-order valence-corrected chi connectivity index (χ3v) is 11.5. The van der Waals surface area contributed by atoms with E-state index in [2.05, 4.69) is 149 Å². The SMILES string of the molecule is CC(C)Cc1ccnc(-c2[c-]cc(-c3ccccc3)c3c2sc2ccccc23)c1.Cc1cc(-c2[c-]cccc2)ncc1[Si](C)(C)C.[Ir]. The second-order valence-electron chi connectivity index (χ2n) is 13.3. The molecule has 0 atom stereocenters. The zero-order valence-corrected chi connectivity index (χ0v) is 32.1. The van der Waals surface area contributed by atoms with Crippen LogP contribution in [-0.4, -0.2) is 18.0 Å². The third kappa shape index (κ3) is 7.88. The summed E-state index contributed by atoms with van der Waals surface area (Å²) in [5, 5.41) is 4.05. The van der Waals surface area contributed by atoms with Crippen LogP contribution in [0.15, 0.2) is 116 Å². The van der Waals surface area contributed by atoms with Crippen molar-refractivity contribution < 1.29 is 20.1 Å². The Kier molecular flexibility index (Phi) is 11.0. The summed E-state index contributed by atoms with van der Waals surface area (Å²) >= 11 is 1.84. The smallest absolute Gasteiger partial charge is 0.0798 e. The molecular weight excluding hydrogens is 785 g/mol. The Balaban J connectivity index is 0.000000207. The van der Waals surface area contributed by atoms with Crippen LogP contribution in [0.1, 0.15) is 25.0 Å². The van der Waals surface area contributed by atoms with E-state index in [-0.39, 0.29) is 20.1 Å². The van der Waals surface area contributed by atoms with E-state index in [1.807, 2.05) is 35.7 Å². The van der Waals surface area contributed by atoms with Crippen molar-refractivity contribution in [1.29, 1.82) is 0 Å². The van der Waals surface area contributed by atoms with Gasteiger partial charge in [0.15, 0.2) is 0 Å². The van der Waals surface area contributed by atoms with Crippen molar-refractivity contribution in [3.63, 3.8) is 0 Å². The van der Waals surface area contributed by atoms with Crippen molar-refractivity contribution >= 4 is 44.8 Å². The standard InChI is InChI=1S/C27H22NS.C15H18NSi.Ir/c1-18(2)16-19-14-15-28-24(17-19)22-13-12-21(20-8-4-3-5-9-20)26-23-10-6-7-11-25(23)29-27(22)26;1-12-10-14(13-8-6-5-7-9-13)16-11-15(12)17(2,3)4;/h3-12,14-15,17-18H,16H2,1-2H3;5-8,10-11H,1-4H3;/q2*-1;. The predicted molar refractivity (Wildman–Crippen MR) is 202 cm³/mol. The van der Waals surface area contributed by atoms with Crippen LogP contribution in [0.25, 0.3) is 53.8 Å². The second-order valence-corrected chi connectivity index (χ2v) is 19.4. The van der Waals surface area contributed by atoms with Gasteiger partial charge in [-0.05, 0) is 58.1 Å². The molecular formula is C42H40IrN2SSi-2. The van der Waals surface area contributed by atoms with Crippen LogP contribution < -0.4 is 5.19 Å². The van der Waals surface area contributed by atoms with E-state index in [4.69, 9.17) is 4.98 Å². The van der Waals surface area contributed by atoms with E-state index in [0.29, 0.717) is 5.92 Å². The first-order valence-electron chi connectivity index (χ1n) is 16.0. The average Bonchev–Trinajstić information content (AvgIpc) is 3.44. The monoisotopic (exact) mass is 825 g/mol. The number of aryl methyl sites for hydroxylation is 1. The molecule has 0 unspecified atom stereocenters. The van der Waals surface area contributed by atoms with E-state index in [1.165, 1.54) is 47.6 Å². The quantitative estimate of drug-likeness (QED) is 0.123. The summed E-state index contributed by atoms with van der Waals surface area (Å²) in [7, 11) is -1.27. The molecule has 3 aromatic heterocycles. The average molecular weight is 825 g/mol. The summed E-state index contributed by atoms with van der Waals surface area (Å²) in [4.78, 5) is 9.29. The third-order valence-electron chi connectivity index (χ3n) is 8.17. The Labute approximate surface area is 298 Å². The van der Waals surface area contributed by atoms with Gasteiger partial charge in [0.1, 0.15) is 0 Å². The van der Waals surface area contributed by atoms with Gasteiger partial charge in [-0.1, -0.05) is 122 Å². The van der Waals surface area contributed by atoms with Crippen LogP contribution in [0.2, 0.25) is 19.6 Å². The molecule has 3 heterocycles. The topological polar surface area (TPSA) is 25.8 Å². The minimum absolute atomic E-state index is 0. The first kappa shape index (κ1) is 34.6. The first-order chi connectivity index (χ1) is 22.2. The Bertz CT molecular complexity index is 2100. The maximum Gasteiger partial charge on any atom is 0.0798 e. The van der Waals surface area contributed by atoms with Gasteiger partial charge < -0.3 is 9.97 Å². The predicted octanol–water partition coefficient (Wildman–Crippen LogP) is 11.2. The fourth-order valence-corrected chi connectivity index (χ4v) is 9.00. The largest absolute Gasteiger partial charge is 0.305 e. The normalized spacial score (nSPS) is 11.3. The van der Waals surface area contributed by atoms with Gasteiger partial charge in [-0.2, -0.15) is 11.3 Å². The first-order valence-corrected chi connectivity index (χ1v) is 20.3. The fraction of sp³-hybridized carbons (Fsp3) is 0.190. The summed E-state index contributed by atoms with van der Waals surface area (Å²) in [6.45, 7) is 13.7. The molecule has 0 aliphatic rings. The number of nitrogens with zero attached hydrogens (tertiary/aromatic N) is 2. The number of thiophene rings is 1. The summed E-state index contributed by atoms with van der Waals surface area (Å²) in [6, 6.07) is 42.8. The van der Waals surface area contributed by atoms with Gasteiger partial charge in [0.25, 0.3) is 0 Å². The molecule has 1 radical (unpaired) electrons. The molecule has 0 aliphatic heterocycles. The van der Waals surface area contributed by atoms with Gasteiger partial charge in [0.05, 0.1) is 8.07 Å². The van der Waals surface area contributed by atoms with Crippen molar-refractivity contribution in [3.8, 4) is 33.6 Å². The van der Waals surface area contributed by atoms with Crippen molar-refractivity contribution in [2.24, 2.45) is 5.92 Å². The maximum atomic E-state index is 4.72. The number of rotatable bonds is 6. The van der Waals surface area contributed by atoms with Crippen molar-refractivity contribution in [2.75, 3.05) is 0 Å². The van der Waals surface area contributed by atoms with Gasteiger partial charge in [0.2, 0.25) is 0 Å². The molecule has 0 N–H and O–H groups in total. The number of hydrogen-bond acceptors (Lipinski definition) is 3. The molecule has 5 heteroatoms. The molecule has 0 aliphatic carbocycles. The van der Waals surface area contributed by atoms with E-state index in [0.717, 1.165) is 28.9 Å². The zero-order chi connectivity index (χ0) is 32.3.